The number of likely N-dealkylation sites (N-methyl/N-ethyl adjacent to an activating group) is 1. The molecule has 2 heterocycles. The molecule has 0 N–H and O–H groups in total. The summed E-state index contributed by atoms with van der Waals surface area (Å²) in [5.74, 6) is -0.974. The molecule has 0 bridgehead atoms. The molecule has 0 aliphatic carbocycles. The Bertz CT molecular complexity index is 1210. The highest BCUT2D eigenvalue weighted by Gasteiger charge is 2.29. The highest BCUT2D eigenvalue weighted by atomic mass is 16.5. The van der Waals surface area contributed by atoms with Crippen molar-refractivity contribution in [1.29, 1.82) is 0 Å². The molecule has 7 heteroatoms. The van der Waals surface area contributed by atoms with Gasteiger partial charge in [-0.1, -0.05) is 48.5 Å². The number of pyridine rings is 1. The first-order valence-corrected chi connectivity index (χ1v) is 10.1. The van der Waals surface area contributed by atoms with Crippen LogP contribution in [-0.4, -0.2) is 45.6 Å². The van der Waals surface area contributed by atoms with Crippen LogP contribution in [0.5, 0.6) is 0 Å². The highest BCUT2D eigenvalue weighted by molar-refractivity contribution is 5.97. The van der Waals surface area contributed by atoms with Crippen LogP contribution in [0.25, 0.3) is 16.9 Å². The molecular weight excluding hydrogens is 404 g/mol. The number of nitrogens with zero attached hydrogens (tertiary/aromatic N) is 4. The average Bonchev–Trinajstić information content (AvgIpc) is 3.29. The van der Waals surface area contributed by atoms with E-state index in [0.717, 1.165) is 5.69 Å². The Morgan fingerprint density at radius 2 is 1.62 bits per heavy atom. The summed E-state index contributed by atoms with van der Waals surface area (Å²) in [4.78, 5) is 31.7. The van der Waals surface area contributed by atoms with Crippen LogP contribution in [0.1, 0.15) is 22.0 Å². The molecule has 1 unspecified atom stereocenters. The molecule has 0 aliphatic rings. The summed E-state index contributed by atoms with van der Waals surface area (Å²) in [6.07, 6.45) is 3.83. The van der Waals surface area contributed by atoms with Crippen LogP contribution in [0.3, 0.4) is 0 Å². The molecule has 0 spiro atoms. The lowest BCUT2D eigenvalue weighted by molar-refractivity contribution is -0.138. The highest BCUT2D eigenvalue weighted by Crippen LogP contribution is 2.27. The number of amides is 1. The molecule has 0 saturated carbocycles. The van der Waals surface area contributed by atoms with E-state index < -0.39 is 12.1 Å². The standard InChI is InChI=1S/C25H22N4O3/c1-28(2)24(30)23(18-10-5-3-6-11-18)32-25(31)21-17-29(20-13-7-4-8-14-20)27-22(21)19-12-9-15-26-16-19/h3-17,23H,1-2H3. The van der Waals surface area contributed by atoms with Crippen molar-refractivity contribution in [3.63, 3.8) is 0 Å². The largest absolute Gasteiger partial charge is 0.444 e. The number of rotatable bonds is 6. The van der Waals surface area contributed by atoms with E-state index in [2.05, 4.69) is 10.1 Å². The van der Waals surface area contributed by atoms with Gasteiger partial charge in [-0.25, -0.2) is 9.48 Å². The van der Waals surface area contributed by atoms with Crippen LogP contribution in [0, 0.1) is 0 Å². The van der Waals surface area contributed by atoms with Gasteiger partial charge < -0.3 is 9.64 Å². The van der Waals surface area contributed by atoms with Crippen molar-refractivity contribution in [3.8, 4) is 16.9 Å². The van der Waals surface area contributed by atoms with E-state index in [1.807, 2.05) is 42.5 Å². The van der Waals surface area contributed by atoms with E-state index in [0.29, 0.717) is 16.8 Å². The summed E-state index contributed by atoms with van der Waals surface area (Å²) in [5.41, 5.74) is 2.73. The number of benzene rings is 2. The lowest BCUT2D eigenvalue weighted by Gasteiger charge is -2.21. The number of hydrogen-bond acceptors (Lipinski definition) is 5. The molecular formula is C25H22N4O3. The molecule has 2 aromatic heterocycles. The third-order valence-corrected chi connectivity index (χ3v) is 4.88. The number of aromatic nitrogens is 3. The summed E-state index contributed by atoms with van der Waals surface area (Å²) in [5, 5.41) is 4.61. The monoisotopic (exact) mass is 426 g/mol. The summed E-state index contributed by atoms with van der Waals surface area (Å²) >= 11 is 0. The zero-order valence-electron chi connectivity index (χ0n) is 17.8. The summed E-state index contributed by atoms with van der Waals surface area (Å²) < 4.78 is 7.37. The molecule has 0 radical (unpaired) electrons. The predicted octanol–water partition coefficient (Wildman–Crippen LogP) is 3.92. The fourth-order valence-corrected chi connectivity index (χ4v) is 3.25. The third kappa shape index (κ3) is 4.41. The lowest BCUT2D eigenvalue weighted by Crippen LogP contribution is -2.31. The maximum atomic E-state index is 13.3. The van der Waals surface area contributed by atoms with Crippen molar-refractivity contribution in [3.05, 3.63) is 103 Å². The van der Waals surface area contributed by atoms with E-state index in [1.54, 1.807) is 67.7 Å². The third-order valence-electron chi connectivity index (χ3n) is 4.88. The second-order valence-corrected chi connectivity index (χ2v) is 7.34. The maximum Gasteiger partial charge on any atom is 0.343 e. The van der Waals surface area contributed by atoms with Crippen LogP contribution in [0.2, 0.25) is 0 Å². The number of esters is 1. The number of carbonyl (C=O) groups is 2. The SMILES string of the molecule is CN(C)C(=O)C(OC(=O)c1cn(-c2ccccc2)nc1-c1cccnc1)c1ccccc1. The zero-order chi connectivity index (χ0) is 22.5. The van der Waals surface area contributed by atoms with Crippen molar-refractivity contribution < 1.29 is 14.3 Å². The summed E-state index contributed by atoms with van der Waals surface area (Å²) in [7, 11) is 3.25. The maximum absolute atomic E-state index is 13.3. The predicted molar refractivity (Wildman–Crippen MR) is 120 cm³/mol. The van der Waals surface area contributed by atoms with Gasteiger partial charge >= 0.3 is 5.97 Å². The molecule has 160 valence electrons. The Morgan fingerprint density at radius 3 is 2.25 bits per heavy atom. The van der Waals surface area contributed by atoms with Gasteiger partial charge in [-0.2, -0.15) is 5.10 Å². The van der Waals surface area contributed by atoms with Gasteiger partial charge in [0.15, 0.2) is 0 Å². The van der Waals surface area contributed by atoms with Gasteiger partial charge in [0.1, 0.15) is 11.3 Å². The van der Waals surface area contributed by atoms with Gasteiger partial charge in [-0.05, 0) is 24.3 Å². The molecule has 1 atom stereocenters. The number of ether oxygens (including phenoxy) is 1. The van der Waals surface area contributed by atoms with E-state index in [1.165, 1.54) is 4.90 Å². The molecule has 2 aromatic carbocycles. The number of carbonyl (C=O) groups excluding carboxylic acids is 2. The second kappa shape index (κ2) is 9.26. The van der Waals surface area contributed by atoms with Crippen LogP contribution < -0.4 is 0 Å². The summed E-state index contributed by atoms with van der Waals surface area (Å²) in [6, 6.07) is 22.0. The van der Waals surface area contributed by atoms with Crippen LogP contribution in [0.4, 0.5) is 0 Å². The molecule has 32 heavy (non-hydrogen) atoms. The molecule has 0 saturated heterocycles. The second-order valence-electron chi connectivity index (χ2n) is 7.34. The molecule has 4 aromatic rings. The van der Waals surface area contributed by atoms with Gasteiger partial charge in [0.05, 0.1) is 5.69 Å². The van der Waals surface area contributed by atoms with E-state index in [9.17, 15) is 9.59 Å². The Kier molecular flexibility index (Phi) is 6.07. The quantitative estimate of drug-likeness (QED) is 0.437. The van der Waals surface area contributed by atoms with Gasteiger partial charge in [0.2, 0.25) is 6.10 Å². The van der Waals surface area contributed by atoms with Crippen molar-refractivity contribution in [2.75, 3.05) is 14.1 Å². The minimum absolute atomic E-state index is 0.245. The molecule has 0 fully saturated rings. The van der Waals surface area contributed by atoms with Crippen molar-refractivity contribution in [2.24, 2.45) is 0 Å². The van der Waals surface area contributed by atoms with Gasteiger partial charge in [-0.3, -0.25) is 9.78 Å². The fourth-order valence-electron chi connectivity index (χ4n) is 3.25. The molecule has 1 amide bonds. The smallest absolute Gasteiger partial charge is 0.343 e. The van der Waals surface area contributed by atoms with Crippen molar-refractivity contribution in [1.82, 2.24) is 19.7 Å². The fraction of sp³-hybridized carbons (Fsp3) is 0.120. The van der Waals surface area contributed by atoms with Gasteiger partial charge in [0.25, 0.3) is 5.91 Å². The minimum Gasteiger partial charge on any atom is -0.444 e. The number of para-hydroxylation sites is 1. The van der Waals surface area contributed by atoms with Crippen LogP contribution in [0.15, 0.2) is 91.4 Å². The first-order chi connectivity index (χ1) is 15.5. The molecule has 4 rings (SSSR count). The molecule has 7 nitrogen and oxygen atoms in total. The van der Waals surface area contributed by atoms with Crippen molar-refractivity contribution in [2.45, 2.75) is 6.10 Å². The lowest BCUT2D eigenvalue weighted by atomic mass is 10.1. The van der Waals surface area contributed by atoms with Crippen molar-refractivity contribution >= 4 is 11.9 Å². The first-order valence-electron chi connectivity index (χ1n) is 10.1. The Labute approximate surface area is 185 Å². The number of hydrogen-bond donors (Lipinski definition) is 0. The zero-order valence-corrected chi connectivity index (χ0v) is 17.8. The van der Waals surface area contributed by atoms with Gasteiger partial charge in [0, 0.05) is 43.8 Å². The van der Waals surface area contributed by atoms with Gasteiger partial charge in [-0.15, -0.1) is 0 Å². The normalized spacial score (nSPS) is 11.6. The molecule has 0 aliphatic heterocycles. The average molecular weight is 426 g/mol. The minimum atomic E-state index is -1.07. The Hall–Kier alpha value is -4.26. The first kappa shape index (κ1) is 21.0. The van der Waals surface area contributed by atoms with Crippen LogP contribution in [-0.2, 0) is 9.53 Å². The van der Waals surface area contributed by atoms with E-state index in [4.69, 9.17) is 4.74 Å². The Balaban J connectivity index is 1.75. The topological polar surface area (TPSA) is 77.3 Å². The summed E-state index contributed by atoms with van der Waals surface area (Å²) in [6.45, 7) is 0. The van der Waals surface area contributed by atoms with E-state index >= 15 is 0 Å². The van der Waals surface area contributed by atoms with Crippen LogP contribution >= 0.6 is 0 Å². The van der Waals surface area contributed by atoms with E-state index in [-0.39, 0.29) is 11.5 Å². The Morgan fingerprint density at radius 1 is 0.938 bits per heavy atom.